The van der Waals surface area contributed by atoms with Crippen LogP contribution >= 0.6 is 0 Å². The first-order chi connectivity index (χ1) is 3.15. The molecule has 0 fully saturated rings. The maximum absolute atomic E-state index is 10.1. The molecule has 0 aliphatic carbocycles. The largest absolute Gasteiger partial charge is 0.269 e. The molecule has 0 radical (unpaired) electrons. The summed E-state index contributed by atoms with van der Waals surface area (Å²) in [6.45, 7) is 7.47. The monoisotopic (exact) mass is 186 g/mol. The summed E-state index contributed by atoms with van der Waals surface area (Å²) in [5.74, 6) is 0. The third-order valence-electron chi connectivity index (χ3n) is 0. The van der Waals surface area contributed by atoms with Crippen LogP contribution in [0.1, 0.15) is 6.92 Å². The maximum atomic E-state index is 10.1. The molecule has 0 heterocycles. The van der Waals surface area contributed by atoms with Gasteiger partial charge in [0, 0.05) is 0 Å². The predicted molar refractivity (Wildman–Crippen MR) is 37.2 cm³/mol. The number of allylic oxidation sites excluding steroid dienone is 1. The van der Waals surface area contributed by atoms with Crippen LogP contribution in [-0.2, 0) is 0 Å². The van der Waals surface area contributed by atoms with Crippen LogP contribution in [0.4, 0.5) is 27.6 Å². The average Bonchev–Trinajstić information content (AvgIpc) is 1.33. The number of rotatable bonds is 0. The van der Waals surface area contributed by atoms with Gasteiger partial charge in [-0.05, 0) is 13.5 Å². The van der Waals surface area contributed by atoms with Gasteiger partial charge >= 0.3 is 0 Å². The van der Waals surface area contributed by atoms with Crippen LogP contribution in [0, 0.1) is 0 Å². The Bertz CT molecular complexity index is 58.0. The van der Waals surface area contributed by atoms with Crippen LogP contribution < -0.4 is 0 Å². The van der Waals surface area contributed by atoms with Gasteiger partial charge in [0.2, 0.25) is 0 Å². The van der Waals surface area contributed by atoms with E-state index in [1.807, 2.05) is 6.92 Å². The molecule has 0 bridgehead atoms. The number of hydrogen-bond acceptors (Lipinski definition) is 0. The van der Waals surface area contributed by atoms with Gasteiger partial charge in [0.1, 0.15) is 0 Å². The predicted octanol–water partition coefficient (Wildman–Crippen LogP) is 3.20. The number of halogens is 6. The lowest BCUT2D eigenvalue weighted by molar-refractivity contribution is 0.426. The van der Waals surface area contributed by atoms with Crippen molar-refractivity contribution >= 4 is 0 Å². The Kier molecular flexibility index (Phi) is 286. The topological polar surface area (TPSA) is 0 Å². The second kappa shape index (κ2) is 62.9. The molecule has 0 N–H and O–H groups in total. The molecule has 0 unspecified atom stereocenters. The first-order valence-electron chi connectivity index (χ1n) is 1.72. The van der Waals surface area contributed by atoms with Crippen molar-refractivity contribution in [2.75, 3.05) is 0 Å². The van der Waals surface area contributed by atoms with Crippen molar-refractivity contribution in [1.82, 2.24) is 0 Å². The second-order valence-corrected chi connectivity index (χ2v) is 0.747. The van der Waals surface area contributed by atoms with Crippen LogP contribution in [0.2, 0.25) is 0 Å². The first-order valence-corrected chi connectivity index (χ1v) is 1.72. The molecule has 0 aliphatic heterocycles. The fourth-order valence-corrected chi connectivity index (χ4v) is 0. The first kappa shape index (κ1) is 50.1. The van der Waals surface area contributed by atoms with E-state index in [4.69, 9.17) is 0 Å². The van der Waals surface area contributed by atoms with Crippen molar-refractivity contribution < 1.29 is 27.6 Å². The summed E-state index contributed by atoms with van der Waals surface area (Å²) in [5, 5.41) is 0. The van der Waals surface area contributed by atoms with E-state index in [9.17, 15) is 8.78 Å². The zero-order valence-electron chi connectivity index (χ0n) is 5.88. The molecule has 0 saturated heterocycles. The van der Waals surface area contributed by atoms with E-state index in [1.54, 1.807) is 6.08 Å². The van der Waals surface area contributed by atoms with Gasteiger partial charge in [-0.1, -0.05) is 6.08 Å². The zero-order valence-corrected chi connectivity index (χ0v) is 5.88. The molecule has 0 spiro atoms. The Morgan fingerprint density at radius 3 is 1.09 bits per heavy atom. The molecule has 0 aromatic rings. The van der Waals surface area contributed by atoms with Gasteiger partial charge in [-0.25, -0.2) is 0 Å². The highest BCUT2D eigenvalue weighted by molar-refractivity contribution is 4.57. The molecule has 74 valence electrons. The summed E-state index contributed by atoms with van der Waals surface area (Å²) in [6.07, 6.45) is -0.0833. The number of hydrogen-bond donors (Lipinski definition) is 0. The Hall–Kier alpha value is -0.940. The molecule has 0 aliphatic rings. The van der Waals surface area contributed by atoms with E-state index in [0.717, 1.165) is 0 Å². The Morgan fingerprint density at radius 1 is 1.09 bits per heavy atom. The van der Waals surface area contributed by atoms with Gasteiger partial charge in [0.25, 0.3) is 6.08 Å². The van der Waals surface area contributed by atoms with Crippen molar-refractivity contribution in [1.29, 1.82) is 0 Å². The molecule has 0 rings (SSSR count). The molecular weight excluding hydrogens is 174 g/mol. The Morgan fingerprint density at radius 2 is 1.09 bits per heavy atom. The van der Waals surface area contributed by atoms with E-state index in [2.05, 4.69) is 13.2 Å². The standard InChI is InChI=1S/C3H6.C2H2F2.4FH/c1-3-2;1-2(3)4;;;;/h3H,1H2,2H3;1H2;4*1H. The summed E-state index contributed by atoms with van der Waals surface area (Å²) in [5.41, 5.74) is 0. The van der Waals surface area contributed by atoms with Crippen molar-refractivity contribution in [2.45, 2.75) is 6.92 Å². The molecule has 6 heteroatoms. The quantitative estimate of drug-likeness (QED) is 0.402. The Balaban J connectivity index is -0.00000000848. The van der Waals surface area contributed by atoms with E-state index < -0.39 is 6.08 Å². The van der Waals surface area contributed by atoms with Crippen LogP contribution in [-0.4, -0.2) is 0 Å². The molecule has 0 saturated carbocycles. The summed E-state index contributed by atoms with van der Waals surface area (Å²) < 4.78 is 20.3. The molecule has 0 aromatic carbocycles. The Labute approximate surface area is 61.1 Å². The maximum Gasteiger partial charge on any atom is 0.263 e. The molecule has 0 atom stereocenters. The highest BCUT2D eigenvalue weighted by Crippen LogP contribution is 1.85. The zero-order chi connectivity index (χ0) is 6.28. The minimum atomic E-state index is -1.83. The van der Waals surface area contributed by atoms with Gasteiger partial charge in [0.05, 0.1) is 0 Å². The molecular formula is C5H12F6. The molecule has 0 nitrogen and oxygen atoms in total. The van der Waals surface area contributed by atoms with Crippen LogP contribution in [0.3, 0.4) is 0 Å². The molecule has 0 aromatic heterocycles. The highest BCUT2D eigenvalue weighted by Gasteiger charge is 1.65. The fourth-order valence-electron chi connectivity index (χ4n) is 0. The van der Waals surface area contributed by atoms with Crippen molar-refractivity contribution in [3.05, 3.63) is 25.3 Å². The lowest BCUT2D eigenvalue weighted by atomic mass is 10.8. The van der Waals surface area contributed by atoms with Crippen molar-refractivity contribution in [3.8, 4) is 0 Å². The van der Waals surface area contributed by atoms with E-state index >= 15 is 0 Å². The minimum Gasteiger partial charge on any atom is -0.269 e. The lowest BCUT2D eigenvalue weighted by Crippen LogP contribution is -1.33. The van der Waals surface area contributed by atoms with Crippen LogP contribution in [0.15, 0.2) is 25.3 Å². The third kappa shape index (κ3) is 511. The van der Waals surface area contributed by atoms with Crippen molar-refractivity contribution in [2.24, 2.45) is 0 Å². The highest BCUT2D eigenvalue weighted by atomic mass is 19.3. The van der Waals surface area contributed by atoms with Gasteiger partial charge in [-0.3, -0.25) is 18.8 Å². The lowest BCUT2D eigenvalue weighted by Gasteiger charge is -1.54. The van der Waals surface area contributed by atoms with E-state index in [1.165, 1.54) is 0 Å². The van der Waals surface area contributed by atoms with Gasteiger partial charge in [-0.2, -0.15) is 8.78 Å². The fraction of sp³-hybridized carbons (Fsp3) is 0.200. The second-order valence-electron chi connectivity index (χ2n) is 0.747. The van der Waals surface area contributed by atoms with Gasteiger partial charge < -0.3 is 0 Å². The summed E-state index contributed by atoms with van der Waals surface area (Å²) in [6, 6.07) is 0. The normalized spacial score (nSPS) is 3.55. The SMILES string of the molecule is C=C(F)F.C=CC.F.F.F.F. The summed E-state index contributed by atoms with van der Waals surface area (Å²) in [4.78, 5) is 0. The van der Waals surface area contributed by atoms with Crippen LogP contribution in [0.25, 0.3) is 0 Å². The summed E-state index contributed by atoms with van der Waals surface area (Å²) >= 11 is 0. The molecule has 0 amide bonds. The molecule has 11 heavy (non-hydrogen) atoms. The third-order valence-corrected chi connectivity index (χ3v) is 0. The van der Waals surface area contributed by atoms with Gasteiger partial charge in [0.15, 0.2) is 0 Å². The van der Waals surface area contributed by atoms with Crippen molar-refractivity contribution in [3.63, 3.8) is 0 Å². The minimum absolute atomic E-state index is 0. The summed E-state index contributed by atoms with van der Waals surface area (Å²) in [7, 11) is 0. The van der Waals surface area contributed by atoms with E-state index in [-0.39, 0.29) is 18.8 Å². The van der Waals surface area contributed by atoms with Crippen LogP contribution in [0.5, 0.6) is 0 Å². The smallest absolute Gasteiger partial charge is 0.263 e. The van der Waals surface area contributed by atoms with Gasteiger partial charge in [-0.15, -0.1) is 6.58 Å². The average molecular weight is 186 g/mol. The van der Waals surface area contributed by atoms with E-state index in [0.29, 0.717) is 0 Å².